The minimum atomic E-state index is -4.27. The van der Waals surface area contributed by atoms with Gasteiger partial charge in [-0.05, 0) is 44.9 Å². The Morgan fingerprint density at radius 1 is 0.585 bits per heavy atom. The molecule has 53 heavy (non-hydrogen) atoms. The zero-order valence-electron chi connectivity index (χ0n) is 35.5. The van der Waals surface area contributed by atoms with Gasteiger partial charge < -0.3 is 18.9 Å². The zero-order chi connectivity index (χ0) is 39.1. The number of carbonyl (C=O) groups excluding carboxylic acids is 1. The predicted octanol–water partition coefficient (Wildman–Crippen LogP) is 12.8. The Hall–Kier alpha value is -1.02. The fraction of sp³-hybridized carbons (Fsp3) is 0.886. The standard InChI is InChI=1S/C44H86NO7P/c1-6-8-10-12-14-16-18-19-20-21-22-23-24-25-26-27-28-29-31-33-35-37-44(46)52-43(42-51-53(47,48)50-40-38-45(3,4)5)41-49-39-36-34-32-30-17-15-13-11-9-7-2/h18-19,21-22,43H,6-17,20,23-42H2,1-5H3/p+1/b19-18-,22-21-. The van der Waals surface area contributed by atoms with Gasteiger partial charge in [-0.2, -0.15) is 0 Å². The summed E-state index contributed by atoms with van der Waals surface area (Å²) in [5.74, 6) is -0.317. The molecule has 0 spiro atoms. The van der Waals surface area contributed by atoms with Crippen LogP contribution in [0.3, 0.4) is 0 Å². The third-order valence-corrected chi connectivity index (χ3v) is 10.5. The fourth-order valence-electron chi connectivity index (χ4n) is 6.05. The Kier molecular flexibility index (Phi) is 37.2. The Bertz CT molecular complexity index is 905. The highest BCUT2D eigenvalue weighted by Crippen LogP contribution is 2.43. The van der Waals surface area contributed by atoms with E-state index in [1.165, 1.54) is 135 Å². The SMILES string of the molecule is CCCCCCC/C=C\C/C=C\CCCCCCCCCCCC(=O)OC(COCCCCCCCCCCCC)COP(=O)(O)OCC[N+](C)(C)C. The van der Waals surface area contributed by atoms with Crippen molar-refractivity contribution in [3.8, 4) is 0 Å². The molecule has 0 saturated heterocycles. The lowest BCUT2D eigenvalue weighted by molar-refractivity contribution is -0.870. The maximum atomic E-state index is 12.7. The van der Waals surface area contributed by atoms with Crippen LogP contribution in [0.25, 0.3) is 0 Å². The minimum absolute atomic E-state index is 0.0895. The molecule has 2 atom stereocenters. The highest BCUT2D eigenvalue weighted by atomic mass is 31.2. The summed E-state index contributed by atoms with van der Waals surface area (Å²) < 4.78 is 34.9. The van der Waals surface area contributed by atoms with E-state index in [0.717, 1.165) is 38.5 Å². The molecule has 0 bridgehead atoms. The molecule has 0 saturated carbocycles. The molecule has 0 amide bonds. The van der Waals surface area contributed by atoms with Crippen LogP contribution >= 0.6 is 7.82 Å². The van der Waals surface area contributed by atoms with Gasteiger partial charge in [-0.1, -0.05) is 167 Å². The average molecular weight is 773 g/mol. The lowest BCUT2D eigenvalue weighted by Gasteiger charge is -2.24. The number of ether oxygens (including phenoxy) is 2. The van der Waals surface area contributed by atoms with Gasteiger partial charge in [0, 0.05) is 13.0 Å². The lowest BCUT2D eigenvalue weighted by atomic mass is 10.1. The van der Waals surface area contributed by atoms with E-state index in [1.807, 2.05) is 21.1 Å². The number of hydrogen-bond acceptors (Lipinski definition) is 6. The molecular weight excluding hydrogens is 685 g/mol. The molecule has 0 aliphatic rings. The molecule has 314 valence electrons. The normalized spacial score (nSPS) is 14.0. The van der Waals surface area contributed by atoms with Gasteiger partial charge in [0.25, 0.3) is 0 Å². The summed E-state index contributed by atoms with van der Waals surface area (Å²) in [6.07, 6.45) is 42.1. The van der Waals surface area contributed by atoms with Crippen molar-refractivity contribution in [2.45, 2.75) is 200 Å². The number of rotatable bonds is 41. The molecule has 9 heteroatoms. The van der Waals surface area contributed by atoms with Gasteiger partial charge in [0.1, 0.15) is 19.3 Å². The number of likely N-dealkylation sites (N-methyl/N-ethyl adjacent to an activating group) is 1. The van der Waals surface area contributed by atoms with Crippen molar-refractivity contribution in [2.24, 2.45) is 0 Å². The van der Waals surface area contributed by atoms with E-state index < -0.39 is 13.9 Å². The van der Waals surface area contributed by atoms with Crippen molar-refractivity contribution in [3.05, 3.63) is 24.3 Å². The van der Waals surface area contributed by atoms with E-state index in [0.29, 0.717) is 24.1 Å². The molecule has 8 nitrogen and oxygen atoms in total. The molecular formula is C44H87NO7P+. The molecule has 0 fully saturated rings. The van der Waals surface area contributed by atoms with Crippen LogP contribution in [0, 0.1) is 0 Å². The van der Waals surface area contributed by atoms with Gasteiger partial charge >= 0.3 is 13.8 Å². The van der Waals surface area contributed by atoms with Crippen molar-refractivity contribution >= 4 is 13.8 Å². The zero-order valence-corrected chi connectivity index (χ0v) is 36.4. The highest BCUT2D eigenvalue weighted by Gasteiger charge is 2.26. The third-order valence-electron chi connectivity index (χ3n) is 9.52. The summed E-state index contributed by atoms with van der Waals surface area (Å²) in [5, 5.41) is 0. The molecule has 0 aromatic heterocycles. The number of hydrogen-bond donors (Lipinski definition) is 1. The number of quaternary nitrogens is 1. The first kappa shape index (κ1) is 52.0. The van der Waals surface area contributed by atoms with E-state index in [9.17, 15) is 14.3 Å². The van der Waals surface area contributed by atoms with E-state index in [2.05, 4.69) is 38.2 Å². The van der Waals surface area contributed by atoms with Gasteiger partial charge in [-0.15, -0.1) is 0 Å². The van der Waals surface area contributed by atoms with Gasteiger partial charge in [0.2, 0.25) is 0 Å². The minimum Gasteiger partial charge on any atom is -0.457 e. The van der Waals surface area contributed by atoms with Gasteiger partial charge in [-0.25, -0.2) is 4.57 Å². The Morgan fingerprint density at radius 2 is 1.04 bits per heavy atom. The fourth-order valence-corrected chi connectivity index (χ4v) is 6.79. The monoisotopic (exact) mass is 773 g/mol. The van der Waals surface area contributed by atoms with Crippen LogP contribution in [0.1, 0.15) is 194 Å². The average Bonchev–Trinajstić information content (AvgIpc) is 3.11. The van der Waals surface area contributed by atoms with Gasteiger partial charge in [0.15, 0.2) is 0 Å². The highest BCUT2D eigenvalue weighted by molar-refractivity contribution is 7.47. The van der Waals surface area contributed by atoms with E-state index in [1.54, 1.807) is 0 Å². The van der Waals surface area contributed by atoms with Crippen LogP contribution in [0.5, 0.6) is 0 Å². The summed E-state index contributed by atoms with van der Waals surface area (Å²) in [6.45, 7) is 5.62. The van der Waals surface area contributed by atoms with Gasteiger partial charge in [0.05, 0.1) is 34.4 Å². The van der Waals surface area contributed by atoms with Gasteiger partial charge in [-0.3, -0.25) is 13.8 Å². The van der Waals surface area contributed by atoms with E-state index in [-0.39, 0.29) is 25.8 Å². The number of allylic oxidation sites excluding steroid dienone is 4. The van der Waals surface area contributed by atoms with Crippen molar-refractivity contribution in [2.75, 3.05) is 54.1 Å². The van der Waals surface area contributed by atoms with E-state index >= 15 is 0 Å². The lowest BCUT2D eigenvalue weighted by Crippen LogP contribution is -2.37. The molecule has 0 aromatic carbocycles. The third kappa shape index (κ3) is 42.0. The Morgan fingerprint density at radius 3 is 1.53 bits per heavy atom. The quantitative estimate of drug-likeness (QED) is 0.0217. The molecule has 0 aromatic rings. The molecule has 2 unspecified atom stereocenters. The first-order valence-electron chi connectivity index (χ1n) is 22.1. The molecule has 0 radical (unpaired) electrons. The van der Waals surface area contributed by atoms with Crippen LogP contribution < -0.4 is 0 Å². The van der Waals surface area contributed by atoms with Crippen molar-refractivity contribution in [1.29, 1.82) is 0 Å². The van der Waals surface area contributed by atoms with Crippen molar-refractivity contribution in [3.63, 3.8) is 0 Å². The number of phosphoric ester groups is 1. The van der Waals surface area contributed by atoms with Crippen LogP contribution in [-0.4, -0.2) is 75.6 Å². The molecule has 0 heterocycles. The van der Waals surface area contributed by atoms with E-state index in [4.69, 9.17) is 18.5 Å². The smallest absolute Gasteiger partial charge is 0.457 e. The second-order valence-corrected chi connectivity index (χ2v) is 17.5. The predicted molar refractivity (Wildman–Crippen MR) is 224 cm³/mol. The molecule has 0 aliphatic heterocycles. The molecule has 1 N–H and O–H groups in total. The molecule has 0 rings (SSSR count). The first-order chi connectivity index (χ1) is 25.6. The van der Waals surface area contributed by atoms with Crippen LogP contribution in [-0.2, 0) is 27.9 Å². The Balaban J connectivity index is 4.15. The van der Waals surface area contributed by atoms with Crippen LogP contribution in [0.15, 0.2) is 24.3 Å². The largest absolute Gasteiger partial charge is 0.472 e. The maximum absolute atomic E-state index is 12.7. The summed E-state index contributed by atoms with van der Waals surface area (Å²) >= 11 is 0. The second-order valence-electron chi connectivity index (χ2n) is 16.1. The van der Waals surface area contributed by atoms with Crippen LogP contribution in [0.4, 0.5) is 0 Å². The van der Waals surface area contributed by atoms with Crippen molar-refractivity contribution in [1.82, 2.24) is 0 Å². The summed E-state index contributed by atoms with van der Waals surface area (Å²) in [6, 6.07) is 0. The molecule has 0 aliphatic carbocycles. The summed E-state index contributed by atoms with van der Waals surface area (Å²) in [4.78, 5) is 22.8. The second kappa shape index (κ2) is 37.9. The van der Waals surface area contributed by atoms with Crippen molar-refractivity contribution < 1.29 is 37.3 Å². The maximum Gasteiger partial charge on any atom is 0.472 e. The first-order valence-corrected chi connectivity index (χ1v) is 23.6. The number of carbonyl (C=O) groups is 1. The van der Waals surface area contributed by atoms with Crippen LogP contribution in [0.2, 0.25) is 0 Å². The summed E-state index contributed by atoms with van der Waals surface area (Å²) in [5.41, 5.74) is 0. The number of phosphoric acid groups is 1. The number of esters is 1. The number of unbranched alkanes of at least 4 members (excludes halogenated alkanes) is 23. The summed E-state index contributed by atoms with van der Waals surface area (Å²) in [7, 11) is 1.67. The topological polar surface area (TPSA) is 91.3 Å². The Labute approximate surface area is 328 Å². The number of nitrogens with zero attached hydrogens (tertiary/aromatic N) is 1.